The molecule has 0 aliphatic carbocycles. The Kier molecular flexibility index (Phi) is 6.22. The second-order valence-electron chi connectivity index (χ2n) is 9.40. The summed E-state index contributed by atoms with van der Waals surface area (Å²) in [6, 6.07) is 7.79. The first-order chi connectivity index (χ1) is 17.4. The van der Waals surface area contributed by atoms with Crippen molar-refractivity contribution in [2.45, 2.75) is 58.3 Å². The third kappa shape index (κ3) is 3.91. The highest BCUT2D eigenvalue weighted by molar-refractivity contribution is 5.88. The number of hydrogen-bond acceptors (Lipinski definition) is 7. The zero-order chi connectivity index (χ0) is 25.6. The van der Waals surface area contributed by atoms with Gasteiger partial charge in [0.25, 0.3) is 5.56 Å². The van der Waals surface area contributed by atoms with E-state index in [1.54, 1.807) is 34.6 Å². The molecular weight excluding hydrogens is 461 g/mol. The molecule has 0 aromatic carbocycles. The third-order valence-electron chi connectivity index (χ3n) is 7.43. The van der Waals surface area contributed by atoms with E-state index in [0.29, 0.717) is 17.7 Å². The van der Waals surface area contributed by atoms with Crippen LogP contribution in [0.4, 0.5) is 10.1 Å². The van der Waals surface area contributed by atoms with Crippen LogP contribution in [0.5, 0.6) is 0 Å². The zero-order valence-corrected chi connectivity index (χ0v) is 21.0. The number of pyridine rings is 1. The first-order valence-corrected chi connectivity index (χ1v) is 12.3. The van der Waals surface area contributed by atoms with Gasteiger partial charge in [0.1, 0.15) is 12.1 Å². The van der Waals surface area contributed by atoms with Gasteiger partial charge in [-0.25, -0.2) is 4.98 Å². The van der Waals surface area contributed by atoms with Crippen LogP contribution in [0.1, 0.15) is 45.3 Å². The molecule has 5 heterocycles. The molecule has 1 aliphatic heterocycles. The van der Waals surface area contributed by atoms with E-state index in [1.807, 2.05) is 6.07 Å². The molecular formula is C25H30FN9O. The maximum Gasteiger partial charge on any atom is 0.252 e. The average molecular weight is 492 g/mol. The van der Waals surface area contributed by atoms with Crippen molar-refractivity contribution in [3.8, 4) is 6.07 Å². The van der Waals surface area contributed by atoms with E-state index in [0.717, 1.165) is 36.3 Å². The minimum Gasteiger partial charge on any atom is -0.364 e. The van der Waals surface area contributed by atoms with Crippen molar-refractivity contribution in [2.24, 2.45) is 7.05 Å². The van der Waals surface area contributed by atoms with Crippen molar-refractivity contribution in [1.82, 2.24) is 33.8 Å². The van der Waals surface area contributed by atoms with Gasteiger partial charge in [-0.2, -0.15) is 24.4 Å². The maximum atomic E-state index is 14.1. The van der Waals surface area contributed by atoms with Crippen molar-refractivity contribution >= 4 is 22.4 Å². The van der Waals surface area contributed by atoms with E-state index in [9.17, 15) is 9.18 Å². The molecule has 10 nitrogen and oxygen atoms in total. The Labute approximate surface area is 208 Å². The molecule has 11 heteroatoms. The number of aryl methyl sites for hydroxylation is 1. The SMILES string of the molecule is CC[C@H]1CN(C(C)c2ccc3ncc(F)n3n2)[C@H](CC)CN1c1cc(=O)n(C)c2cn(CC#N)nc12. The Balaban J connectivity index is 1.51. The predicted molar refractivity (Wildman–Crippen MR) is 134 cm³/mol. The maximum absolute atomic E-state index is 14.1. The number of nitrogens with zero attached hydrogens (tertiary/aromatic N) is 9. The fourth-order valence-corrected chi connectivity index (χ4v) is 5.32. The fourth-order valence-electron chi connectivity index (χ4n) is 5.32. The minimum atomic E-state index is -0.479. The molecule has 0 bridgehead atoms. The number of nitriles is 1. The molecule has 4 aromatic heterocycles. The molecule has 188 valence electrons. The summed E-state index contributed by atoms with van der Waals surface area (Å²) in [7, 11) is 1.73. The van der Waals surface area contributed by atoms with Gasteiger partial charge in [0.05, 0.1) is 41.4 Å². The average Bonchev–Trinajstić information content (AvgIpc) is 3.48. The van der Waals surface area contributed by atoms with Gasteiger partial charge >= 0.3 is 0 Å². The van der Waals surface area contributed by atoms with Crippen molar-refractivity contribution < 1.29 is 4.39 Å². The molecule has 0 amide bonds. The Morgan fingerprint density at radius 1 is 1.19 bits per heavy atom. The summed E-state index contributed by atoms with van der Waals surface area (Å²) in [6.45, 7) is 8.00. The summed E-state index contributed by atoms with van der Waals surface area (Å²) >= 11 is 0. The smallest absolute Gasteiger partial charge is 0.252 e. The van der Waals surface area contributed by atoms with Crippen LogP contribution in [-0.4, -0.2) is 59.0 Å². The Bertz CT molecular complexity index is 1510. The molecule has 1 saturated heterocycles. The number of imidazole rings is 1. The highest BCUT2D eigenvalue weighted by atomic mass is 19.1. The summed E-state index contributed by atoms with van der Waals surface area (Å²) in [5, 5.41) is 18.3. The van der Waals surface area contributed by atoms with Crippen molar-refractivity contribution in [3.63, 3.8) is 0 Å². The van der Waals surface area contributed by atoms with Gasteiger partial charge in [0.15, 0.2) is 5.65 Å². The first-order valence-electron chi connectivity index (χ1n) is 12.3. The van der Waals surface area contributed by atoms with Crippen LogP contribution in [0, 0.1) is 17.3 Å². The van der Waals surface area contributed by atoms with Crippen molar-refractivity contribution in [1.29, 1.82) is 5.26 Å². The van der Waals surface area contributed by atoms with Gasteiger partial charge in [0, 0.05) is 38.3 Å². The van der Waals surface area contributed by atoms with Gasteiger partial charge in [-0.1, -0.05) is 13.8 Å². The third-order valence-corrected chi connectivity index (χ3v) is 7.43. The highest BCUT2D eigenvalue weighted by Crippen LogP contribution is 2.34. The monoisotopic (exact) mass is 491 g/mol. The number of aromatic nitrogens is 6. The molecule has 5 rings (SSSR count). The summed E-state index contributed by atoms with van der Waals surface area (Å²) in [5.74, 6) is -0.479. The predicted octanol–water partition coefficient (Wildman–Crippen LogP) is 2.88. The number of hydrogen-bond donors (Lipinski definition) is 0. The largest absolute Gasteiger partial charge is 0.364 e. The molecule has 1 unspecified atom stereocenters. The van der Waals surface area contributed by atoms with Crippen LogP contribution in [-0.2, 0) is 13.6 Å². The number of rotatable bonds is 6. The Hall–Kier alpha value is -3.78. The molecule has 1 fully saturated rings. The van der Waals surface area contributed by atoms with Crippen molar-refractivity contribution in [2.75, 3.05) is 18.0 Å². The Morgan fingerprint density at radius 3 is 2.69 bits per heavy atom. The summed E-state index contributed by atoms with van der Waals surface area (Å²) in [5.41, 5.74) is 3.41. The van der Waals surface area contributed by atoms with E-state index in [4.69, 9.17) is 5.26 Å². The van der Waals surface area contributed by atoms with E-state index < -0.39 is 5.95 Å². The normalized spacial score (nSPS) is 19.7. The number of piperazine rings is 1. The summed E-state index contributed by atoms with van der Waals surface area (Å²) in [4.78, 5) is 21.6. The van der Waals surface area contributed by atoms with Gasteiger partial charge in [-0.05, 0) is 31.9 Å². The summed E-state index contributed by atoms with van der Waals surface area (Å²) < 4.78 is 18.5. The highest BCUT2D eigenvalue weighted by Gasteiger charge is 2.37. The molecule has 0 N–H and O–H groups in total. The molecule has 0 saturated carbocycles. The fraction of sp³-hybridized carbons (Fsp3) is 0.480. The standard InChI is InChI=1S/C25H30FN9O/c1-5-17-14-34(20-11-24(36)31(4)21-15-32(10-9-27)30-25(20)21)18(6-2)13-33(17)16(3)19-7-8-23-28-12-22(26)35(23)29-19/h7-8,11-12,15-18H,5-6,10,13-14H2,1-4H3/t16?,17-,18+/m1/s1. The lowest BCUT2D eigenvalue weighted by Crippen LogP contribution is -2.59. The quantitative estimate of drug-likeness (QED) is 0.409. The van der Waals surface area contributed by atoms with Crippen LogP contribution >= 0.6 is 0 Å². The topological polar surface area (TPSA) is 100 Å². The number of fused-ring (bicyclic) bond motifs is 2. The van der Waals surface area contributed by atoms with Gasteiger partial charge in [-0.3, -0.25) is 14.4 Å². The minimum absolute atomic E-state index is 0.0316. The lowest BCUT2D eigenvalue weighted by Gasteiger charge is -2.49. The lowest BCUT2D eigenvalue weighted by atomic mass is 9.98. The molecule has 3 atom stereocenters. The first kappa shape index (κ1) is 23.9. The zero-order valence-electron chi connectivity index (χ0n) is 21.0. The number of halogens is 1. The van der Waals surface area contributed by atoms with E-state index in [2.05, 4.69) is 51.8 Å². The van der Waals surface area contributed by atoms with Gasteiger partial charge in [-0.15, -0.1) is 0 Å². The van der Waals surface area contributed by atoms with E-state index >= 15 is 0 Å². The van der Waals surface area contributed by atoms with Gasteiger partial charge in [0.2, 0.25) is 5.95 Å². The van der Waals surface area contributed by atoms with Crippen LogP contribution in [0.3, 0.4) is 0 Å². The lowest BCUT2D eigenvalue weighted by molar-refractivity contribution is 0.0984. The number of anilines is 1. The molecule has 1 aliphatic rings. The second kappa shape index (κ2) is 9.35. The van der Waals surface area contributed by atoms with Crippen LogP contribution in [0.15, 0.2) is 35.4 Å². The Morgan fingerprint density at radius 2 is 1.97 bits per heavy atom. The van der Waals surface area contributed by atoms with Crippen LogP contribution in [0.2, 0.25) is 0 Å². The molecule has 4 aromatic rings. The molecule has 0 spiro atoms. The van der Waals surface area contributed by atoms with Crippen LogP contribution in [0.25, 0.3) is 16.7 Å². The van der Waals surface area contributed by atoms with E-state index in [-0.39, 0.29) is 30.2 Å². The molecule has 0 radical (unpaired) electrons. The molecule has 36 heavy (non-hydrogen) atoms. The van der Waals surface area contributed by atoms with E-state index in [1.165, 1.54) is 10.7 Å². The van der Waals surface area contributed by atoms with Crippen molar-refractivity contribution in [3.05, 3.63) is 52.6 Å². The van der Waals surface area contributed by atoms with Gasteiger partial charge < -0.3 is 9.47 Å². The van der Waals surface area contributed by atoms with Crippen LogP contribution < -0.4 is 10.5 Å². The second-order valence-corrected chi connectivity index (χ2v) is 9.40. The summed E-state index contributed by atoms with van der Waals surface area (Å²) in [6.07, 6.45) is 4.71.